The van der Waals surface area contributed by atoms with Crippen LogP contribution in [0, 0.1) is 11.3 Å². The number of benzene rings is 1. The van der Waals surface area contributed by atoms with Gasteiger partial charge in [-0.05, 0) is 34.4 Å². The Bertz CT molecular complexity index is 664. The second-order valence-electron chi connectivity index (χ2n) is 8.29. The molecule has 1 aromatic rings. The third-order valence-corrected chi connectivity index (χ3v) is 5.64. The Balaban J connectivity index is 2.91. The van der Waals surface area contributed by atoms with Crippen LogP contribution in [0.25, 0.3) is 0 Å². The van der Waals surface area contributed by atoms with Crippen molar-refractivity contribution in [3.05, 3.63) is 29.8 Å². The highest BCUT2D eigenvalue weighted by atomic mass is 32.2. The van der Waals surface area contributed by atoms with Crippen LogP contribution in [0.15, 0.2) is 29.2 Å². The maximum atomic E-state index is 12.5. The summed E-state index contributed by atoms with van der Waals surface area (Å²) in [4.78, 5) is 11.2. The van der Waals surface area contributed by atoms with Gasteiger partial charge in [-0.2, -0.15) is 0 Å². The summed E-state index contributed by atoms with van der Waals surface area (Å²) in [5, 5.41) is 9.02. The molecule has 0 heterocycles. The van der Waals surface area contributed by atoms with Gasteiger partial charge >= 0.3 is 5.97 Å². The zero-order valence-electron chi connectivity index (χ0n) is 15.4. The molecule has 0 aliphatic rings. The number of sulfonamides is 1. The van der Waals surface area contributed by atoms with Crippen LogP contribution in [-0.2, 0) is 20.2 Å². The fraction of sp³-hybridized carbons (Fsp3) is 0.611. The van der Waals surface area contributed by atoms with Gasteiger partial charge in [0, 0.05) is 13.0 Å². The van der Waals surface area contributed by atoms with Crippen molar-refractivity contribution >= 4 is 16.0 Å². The van der Waals surface area contributed by atoms with Gasteiger partial charge in [0.1, 0.15) is 0 Å². The first-order valence-electron chi connectivity index (χ1n) is 8.05. The van der Waals surface area contributed by atoms with Crippen LogP contribution in [0.5, 0.6) is 0 Å². The Morgan fingerprint density at radius 3 is 1.96 bits per heavy atom. The molecule has 1 rings (SSSR count). The van der Waals surface area contributed by atoms with E-state index in [0.717, 1.165) is 5.56 Å². The highest BCUT2D eigenvalue weighted by Gasteiger charge is 2.28. The quantitative estimate of drug-likeness (QED) is 0.819. The van der Waals surface area contributed by atoms with Crippen LogP contribution in [0.1, 0.15) is 53.5 Å². The molecule has 6 heteroatoms. The summed E-state index contributed by atoms with van der Waals surface area (Å²) in [5.74, 6) is -1.22. The van der Waals surface area contributed by atoms with Gasteiger partial charge in [-0.25, -0.2) is 13.1 Å². The summed E-state index contributed by atoms with van der Waals surface area (Å²) < 4.78 is 27.5. The zero-order chi connectivity index (χ0) is 18.8. The number of nitrogens with one attached hydrogen (secondary N) is 1. The number of rotatable bonds is 6. The normalized spacial score (nSPS) is 14.4. The lowest BCUT2D eigenvalue weighted by Gasteiger charge is -2.29. The van der Waals surface area contributed by atoms with E-state index in [1.54, 1.807) is 12.1 Å². The fourth-order valence-electron chi connectivity index (χ4n) is 2.32. The molecule has 0 saturated carbocycles. The largest absolute Gasteiger partial charge is 0.481 e. The Hall–Kier alpha value is -1.40. The summed E-state index contributed by atoms with van der Waals surface area (Å²) in [6.07, 6.45) is -0.0744. The second-order valence-corrected chi connectivity index (χ2v) is 10.1. The minimum absolute atomic E-state index is 0.0471. The maximum absolute atomic E-state index is 12.5. The van der Waals surface area contributed by atoms with Gasteiger partial charge in [-0.1, -0.05) is 53.7 Å². The van der Waals surface area contributed by atoms with Gasteiger partial charge in [0.2, 0.25) is 10.0 Å². The Morgan fingerprint density at radius 1 is 1.08 bits per heavy atom. The van der Waals surface area contributed by atoms with E-state index < -0.39 is 16.0 Å². The van der Waals surface area contributed by atoms with Crippen molar-refractivity contribution in [1.82, 2.24) is 4.72 Å². The minimum atomic E-state index is -3.66. The molecule has 5 nitrogen and oxygen atoms in total. The number of hydrogen-bond donors (Lipinski definition) is 2. The first-order chi connectivity index (χ1) is 10.7. The third kappa shape index (κ3) is 5.91. The van der Waals surface area contributed by atoms with Crippen molar-refractivity contribution in [3.63, 3.8) is 0 Å². The van der Waals surface area contributed by atoms with E-state index in [1.807, 2.05) is 32.9 Å². The Labute approximate surface area is 145 Å². The highest BCUT2D eigenvalue weighted by Crippen LogP contribution is 2.29. The van der Waals surface area contributed by atoms with Crippen LogP contribution in [0.3, 0.4) is 0 Å². The fourth-order valence-corrected chi connectivity index (χ4v) is 3.40. The van der Waals surface area contributed by atoms with Crippen LogP contribution >= 0.6 is 0 Å². The summed E-state index contributed by atoms with van der Waals surface area (Å²) in [6.45, 7) is 12.0. The molecule has 0 bridgehead atoms. The standard InChI is InChI=1S/C18H29NO4S/c1-17(2,3)13-7-9-15(10-8-13)24(22,23)19-12-14(11-16(20)21)18(4,5)6/h7-10,14,19H,11-12H2,1-6H3,(H,20,21). The lowest BCUT2D eigenvalue weighted by atomic mass is 9.79. The van der Waals surface area contributed by atoms with Crippen molar-refractivity contribution in [3.8, 4) is 0 Å². The molecule has 0 aliphatic heterocycles. The summed E-state index contributed by atoms with van der Waals surface area (Å²) in [5.41, 5.74) is 0.700. The number of carbonyl (C=O) groups is 1. The number of aliphatic carboxylic acids is 1. The predicted octanol–water partition coefficient (Wildman–Crippen LogP) is 3.40. The number of hydrogen-bond acceptors (Lipinski definition) is 3. The van der Waals surface area contributed by atoms with Gasteiger partial charge in [-0.3, -0.25) is 4.79 Å². The smallest absolute Gasteiger partial charge is 0.303 e. The summed E-state index contributed by atoms with van der Waals surface area (Å²) in [7, 11) is -3.66. The van der Waals surface area contributed by atoms with Gasteiger partial charge < -0.3 is 5.11 Å². The van der Waals surface area contributed by atoms with E-state index in [4.69, 9.17) is 5.11 Å². The molecule has 0 aromatic heterocycles. The number of carboxylic acid groups (broad SMARTS) is 1. The van der Waals surface area contributed by atoms with E-state index in [1.165, 1.54) is 0 Å². The molecule has 1 aromatic carbocycles. The van der Waals surface area contributed by atoms with Gasteiger partial charge in [0.05, 0.1) is 4.90 Å². The maximum Gasteiger partial charge on any atom is 0.303 e. The molecular weight excluding hydrogens is 326 g/mol. The van der Waals surface area contributed by atoms with Crippen molar-refractivity contribution in [2.45, 2.75) is 58.3 Å². The van der Waals surface area contributed by atoms with Crippen molar-refractivity contribution in [2.75, 3.05) is 6.54 Å². The molecule has 1 atom stereocenters. The molecular formula is C18H29NO4S. The zero-order valence-corrected chi connectivity index (χ0v) is 16.2. The van der Waals surface area contributed by atoms with Crippen molar-refractivity contribution in [1.29, 1.82) is 0 Å². The van der Waals surface area contributed by atoms with Gasteiger partial charge in [0.15, 0.2) is 0 Å². The van der Waals surface area contributed by atoms with E-state index in [0.29, 0.717) is 0 Å². The third-order valence-electron chi connectivity index (χ3n) is 4.20. The molecule has 0 amide bonds. The monoisotopic (exact) mass is 355 g/mol. The molecule has 24 heavy (non-hydrogen) atoms. The van der Waals surface area contributed by atoms with Crippen molar-refractivity contribution in [2.24, 2.45) is 11.3 Å². The van der Waals surface area contributed by atoms with E-state index in [9.17, 15) is 13.2 Å². The van der Waals surface area contributed by atoms with E-state index in [2.05, 4.69) is 25.5 Å². The molecule has 136 valence electrons. The SMILES string of the molecule is CC(C)(C)c1ccc(S(=O)(=O)NCC(CC(=O)O)C(C)(C)C)cc1. The number of carboxylic acids is 1. The van der Waals surface area contributed by atoms with E-state index >= 15 is 0 Å². The highest BCUT2D eigenvalue weighted by molar-refractivity contribution is 7.89. The van der Waals surface area contributed by atoms with Crippen molar-refractivity contribution < 1.29 is 18.3 Å². The van der Waals surface area contributed by atoms with Gasteiger partial charge in [0.25, 0.3) is 0 Å². The molecule has 2 N–H and O–H groups in total. The molecule has 0 radical (unpaired) electrons. The van der Waals surface area contributed by atoms with Crippen LogP contribution < -0.4 is 4.72 Å². The molecule has 0 fully saturated rings. The lowest BCUT2D eigenvalue weighted by molar-refractivity contribution is -0.139. The summed E-state index contributed by atoms with van der Waals surface area (Å²) >= 11 is 0. The van der Waals surface area contributed by atoms with Crippen LogP contribution in [0.4, 0.5) is 0 Å². The topological polar surface area (TPSA) is 83.5 Å². The first kappa shape index (κ1) is 20.6. The average Bonchev–Trinajstić information content (AvgIpc) is 2.41. The molecule has 0 aliphatic carbocycles. The van der Waals surface area contributed by atoms with Crippen LogP contribution in [0.2, 0.25) is 0 Å². The predicted molar refractivity (Wildman–Crippen MR) is 95.5 cm³/mol. The molecule has 0 spiro atoms. The lowest BCUT2D eigenvalue weighted by Crippen LogP contribution is -2.36. The van der Waals surface area contributed by atoms with E-state index in [-0.39, 0.29) is 34.6 Å². The Kier molecular flexibility index (Phi) is 6.22. The molecule has 0 saturated heterocycles. The molecule has 1 unspecified atom stereocenters. The Morgan fingerprint density at radius 2 is 1.58 bits per heavy atom. The van der Waals surface area contributed by atoms with Crippen LogP contribution in [-0.4, -0.2) is 26.0 Å². The second kappa shape index (κ2) is 7.23. The van der Waals surface area contributed by atoms with Gasteiger partial charge in [-0.15, -0.1) is 0 Å². The average molecular weight is 356 g/mol. The minimum Gasteiger partial charge on any atom is -0.481 e. The first-order valence-corrected chi connectivity index (χ1v) is 9.54. The summed E-state index contributed by atoms with van der Waals surface area (Å²) in [6, 6.07) is 6.80.